The van der Waals surface area contributed by atoms with Crippen molar-refractivity contribution in [2.24, 2.45) is 5.41 Å². The third-order valence-corrected chi connectivity index (χ3v) is 6.79. The van der Waals surface area contributed by atoms with E-state index in [1.165, 1.54) is 21.4 Å². The fourth-order valence-corrected chi connectivity index (χ4v) is 5.70. The molecule has 2 aromatic rings. The minimum Gasteiger partial charge on any atom is -0.271 e. The van der Waals surface area contributed by atoms with Crippen LogP contribution in [0.1, 0.15) is 43.1 Å². The molecule has 0 radical (unpaired) electrons. The first-order chi connectivity index (χ1) is 13.1. The molecule has 150 valence electrons. The monoisotopic (exact) mass is 411 g/mol. The highest BCUT2D eigenvalue weighted by molar-refractivity contribution is 7.85. The molecule has 1 aliphatic heterocycles. The summed E-state index contributed by atoms with van der Waals surface area (Å²) in [4.78, 5) is 13.0. The van der Waals surface area contributed by atoms with Crippen LogP contribution < -0.4 is 5.69 Å². The number of rotatable bonds is 5. The molecule has 1 aromatic heterocycles. The smallest absolute Gasteiger partial charge is 0.271 e. The summed E-state index contributed by atoms with van der Waals surface area (Å²) >= 11 is 0. The molecule has 0 unspecified atom stereocenters. The van der Waals surface area contributed by atoms with Crippen LogP contribution in [0, 0.1) is 17.0 Å². The van der Waals surface area contributed by atoms with Gasteiger partial charge in [-0.05, 0) is 43.4 Å². The largest absolute Gasteiger partial charge is 0.347 e. The normalized spacial score (nSPS) is 30.6. The van der Waals surface area contributed by atoms with Gasteiger partial charge < -0.3 is 0 Å². The fourth-order valence-electron chi connectivity index (χ4n) is 5.24. The number of hydrogen-bond acceptors (Lipinski definition) is 5. The van der Waals surface area contributed by atoms with Crippen LogP contribution in [0.5, 0.6) is 0 Å². The van der Waals surface area contributed by atoms with Crippen LogP contribution in [0.2, 0.25) is 0 Å². The van der Waals surface area contributed by atoms with Crippen molar-refractivity contribution in [1.82, 2.24) is 14.3 Å². The van der Waals surface area contributed by atoms with E-state index in [2.05, 4.69) is 5.10 Å². The van der Waals surface area contributed by atoms with Crippen molar-refractivity contribution in [1.29, 1.82) is 0 Å². The molecule has 0 N–H and O–H groups in total. The minimum absolute atomic E-state index is 0.126. The Labute approximate surface area is 160 Å². The van der Waals surface area contributed by atoms with Crippen LogP contribution in [0.15, 0.2) is 23.0 Å². The van der Waals surface area contributed by atoms with Crippen LogP contribution in [0.3, 0.4) is 0 Å². The molecule has 0 saturated heterocycles. The maximum Gasteiger partial charge on any atom is 0.347 e. The van der Waals surface area contributed by atoms with Gasteiger partial charge in [-0.3, -0.25) is 8.75 Å². The number of aromatic nitrogens is 3. The van der Waals surface area contributed by atoms with Gasteiger partial charge in [0.05, 0.1) is 24.4 Å². The van der Waals surface area contributed by atoms with Crippen molar-refractivity contribution in [2.45, 2.75) is 43.7 Å². The lowest BCUT2D eigenvalue weighted by atomic mass is 9.40. The van der Waals surface area contributed by atoms with Crippen LogP contribution in [0.25, 0.3) is 0 Å². The van der Waals surface area contributed by atoms with E-state index in [9.17, 15) is 22.0 Å². The van der Waals surface area contributed by atoms with Crippen LogP contribution in [-0.4, -0.2) is 35.6 Å². The van der Waals surface area contributed by atoms with Crippen LogP contribution >= 0.6 is 0 Å². The summed E-state index contributed by atoms with van der Waals surface area (Å²) in [7, 11) is -3.49. The standard InChI is InChI=1S/C18H19F2N3O4S/c1-28(25,26)27-10-17-7-18(8-17,9-17)23-16(24)22-14(2-3-15(22)21-23)11-4-12(19)6-13(20)5-11/h4-6,14H,2-3,7-10H2,1H3/t14-,17?,18?/m0/s1. The summed E-state index contributed by atoms with van der Waals surface area (Å²) < 4.78 is 57.6. The summed E-state index contributed by atoms with van der Waals surface area (Å²) in [5.74, 6) is -0.724. The minimum atomic E-state index is -3.49. The van der Waals surface area contributed by atoms with Crippen molar-refractivity contribution in [3.63, 3.8) is 0 Å². The molecular weight excluding hydrogens is 392 g/mol. The number of halogens is 2. The lowest BCUT2D eigenvalue weighted by Crippen LogP contribution is -2.71. The Morgan fingerprint density at radius 1 is 1.21 bits per heavy atom. The Morgan fingerprint density at radius 2 is 1.86 bits per heavy atom. The van der Waals surface area contributed by atoms with E-state index in [1.54, 1.807) is 0 Å². The van der Waals surface area contributed by atoms with E-state index in [1.807, 2.05) is 0 Å². The van der Waals surface area contributed by atoms with E-state index >= 15 is 0 Å². The zero-order chi connectivity index (χ0) is 19.9. The molecule has 1 aromatic carbocycles. The molecule has 3 aliphatic carbocycles. The second-order valence-corrected chi connectivity index (χ2v) is 10.1. The van der Waals surface area contributed by atoms with Crippen LogP contribution in [0.4, 0.5) is 8.78 Å². The maximum atomic E-state index is 13.6. The molecule has 0 amide bonds. The zero-order valence-corrected chi connectivity index (χ0v) is 16.0. The van der Waals surface area contributed by atoms with Gasteiger partial charge in [0.15, 0.2) is 0 Å². The molecule has 28 heavy (non-hydrogen) atoms. The van der Waals surface area contributed by atoms with Crippen LogP contribution in [-0.2, 0) is 26.3 Å². The molecule has 3 fully saturated rings. The molecule has 10 heteroatoms. The summed E-state index contributed by atoms with van der Waals surface area (Å²) in [5, 5.41) is 4.50. The van der Waals surface area contributed by atoms with E-state index in [0.717, 1.165) is 12.3 Å². The number of aryl methyl sites for hydroxylation is 1. The molecular formula is C18H19F2N3O4S. The molecule has 6 rings (SSSR count). The quantitative estimate of drug-likeness (QED) is 0.700. The first kappa shape index (κ1) is 18.0. The number of nitrogens with zero attached hydrogens (tertiary/aromatic N) is 3. The Hall–Kier alpha value is -2.07. The Bertz CT molecular complexity index is 1110. The van der Waals surface area contributed by atoms with Gasteiger partial charge >= 0.3 is 5.69 Å². The summed E-state index contributed by atoms with van der Waals surface area (Å²) in [6, 6.07) is 2.89. The van der Waals surface area contributed by atoms with Crippen molar-refractivity contribution in [2.75, 3.05) is 12.9 Å². The average Bonchev–Trinajstić information content (AvgIpc) is 3.04. The molecule has 2 heterocycles. The highest BCUT2D eigenvalue weighted by atomic mass is 32.2. The van der Waals surface area contributed by atoms with E-state index in [-0.39, 0.29) is 17.7 Å². The fraction of sp³-hybridized carbons (Fsp3) is 0.556. The molecule has 3 saturated carbocycles. The summed E-state index contributed by atoms with van der Waals surface area (Å²) in [6.45, 7) is 0.126. The summed E-state index contributed by atoms with van der Waals surface area (Å²) in [5.41, 5.74) is -0.456. The highest BCUT2D eigenvalue weighted by Crippen LogP contribution is 2.71. The third kappa shape index (κ3) is 2.57. The first-order valence-electron chi connectivity index (χ1n) is 9.11. The number of benzene rings is 1. The van der Waals surface area contributed by atoms with Crippen molar-refractivity contribution in [3.05, 3.63) is 51.7 Å². The predicted molar refractivity (Wildman–Crippen MR) is 94.4 cm³/mol. The predicted octanol–water partition coefficient (Wildman–Crippen LogP) is 1.71. The second-order valence-electron chi connectivity index (χ2n) is 8.46. The zero-order valence-electron chi connectivity index (χ0n) is 15.2. The molecule has 0 spiro atoms. The average molecular weight is 411 g/mol. The Kier molecular flexibility index (Phi) is 3.54. The second kappa shape index (κ2) is 5.50. The van der Waals surface area contributed by atoms with Crippen molar-refractivity contribution >= 4 is 10.1 Å². The van der Waals surface area contributed by atoms with Gasteiger partial charge in [0.2, 0.25) is 0 Å². The van der Waals surface area contributed by atoms with E-state index < -0.39 is 33.3 Å². The number of hydrogen-bond donors (Lipinski definition) is 0. The number of fused-ring (bicyclic) bond motifs is 1. The SMILES string of the molecule is CS(=O)(=O)OCC12CC(n3nc4n(c3=O)[C@H](c3cc(F)cc(F)c3)CC4)(C1)C2. The lowest BCUT2D eigenvalue weighted by Gasteiger charge is -2.69. The Morgan fingerprint density at radius 3 is 2.46 bits per heavy atom. The van der Waals surface area contributed by atoms with Gasteiger partial charge in [-0.1, -0.05) is 0 Å². The van der Waals surface area contributed by atoms with Gasteiger partial charge in [-0.25, -0.2) is 18.3 Å². The highest BCUT2D eigenvalue weighted by Gasteiger charge is 2.70. The van der Waals surface area contributed by atoms with Crippen molar-refractivity contribution in [3.8, 4) is 0 Å². The maximum absolute atomic E-state index is 13.6. The van der Waals surface area contributed by atoms with Gasteiger partial charge in [0.25, 0.3) is 10.1 Å². The third-order valence-electron chi connectivity index (χ3n) is 6.24. The van der Waals surface area contributed by atoms with Gasteiger partial charge in [0.1, 0.15) is 17.5 Å². The molecule has 1 atom stereocenters. The van der Waals surface area contributed by atoms with E-state index in [0.29, 0.717) is 43.5 Å². The summed E-state index contributed by atoms with van der Waals surface area (Å²) in [6.07, 6.45) is 4.08. The molecule has 7 nitrogen and oxygen atoms in total. The van der Waals surface area contributed by atoms with Crippen molar-refractivity contribution < 1.29 is 21.4 Å². The topological polar surface area (TPSA) is 83.2 Å². The first-order valence-corrected chi connectivity index (χ1v) is 10.9. The van der Waals surface area contributed by atoms with Gasteiger partial charge in [-0.2, -0.15) is 13.5 Å². The lowest BCUT2D eigenvalue weighted by molar-refractivity contribution is -0.210. The van der Waals surface area contributed by atoms with E-state index in [4.69, 9.17) is 4.18 Å². The van der Waals surface area contributed by atoms with Gasteiger partial charge in [-0.15, -0.1) is 0 Å². The molecule has 4 aliphatic rings. The van der Waals surface area contributed by atoms with Gasteiger partial charge in [0, 0.05) is 17.9 Å². The Balaban J connectivity index is 1.41. The molecule has 2 bridgehead atoms.